The van der Waals surface area contributed by atoms with Gasteiger partial charge in [-0.1, -0.05) is 46.8 Å². The fourth-order valence-corrected chi connectivity index (χ4v) is 12.0. The number of aliphatic hydroxyl groups excluding tert-OH is 6. The van der Waals surface area contributed by atoms with Gasteiger partial charge in [0.1, 0.15) is 36.6 Å². The normalized spacial score (nSPS) is 50.6. The van der Waals surface area contributed by atoms with Crippen molar-refractivity contribution in [2.75, 3.05) is 34.0 Å². The van der Waals surface area contributed by atoms with Gasteiger partial charge in [0.05, 0.1) is 38.1 Å². The molecule has 12 heteroatoms. The first-order valence-electron chi connectivity index (χ1n) is 20.0. The Kier molecular flexibility index (Phi) is 12.9. The minimum atomic E-state index is -1.19. The molecule has 0 aromatic carbocycles. The van der Waals surface area contributed by atoms with Crippen LogP contribution in [0.1, 0.15) is 79.6 Å². The van der Waals surface area contributed by atoms with Crippen LogP contribution in [0.5, 0.6) is 0 Å². The fourth-order valence-electron chi connectivity index (χ4n) is 12.0. The summed E-state index contributed by atoms with van der Waals surface area (Å²) in [6.07, 6.45) is 1.79. The monoisotopic (exact) mass is 740 g/mol. The summed E-state index contributed by atoms with van der Waals surface area (Å²) < 4.78 is 35.0. The van der Waals surface area contributed by atoms with E-state index in [0.717, 1.165) is 32.1 Å². The van der Waals surface area contributed by atoms with Gasteiger partial charge in [-0.25, -0.2) is 0 Å². The van der Waals surface area contributed by atoms with Gasteiger partial charge in [-0.05, 0) is 97.2 Å². The standard InChI is InChI=1S/C40H68O12/c1-20(2)22(18-49-38-36(33(45)30(17-41)51-38)52-37-35(48-7)34(46)31(47-6)19-50-37)9-8-21(3)26-16-29(44)32-24-15-28(43)27-14-23(42)10-12-39(27,4)25(24)11-13-40(26,32)5/h8-9,20-38,41-46H,10-19H2,1-7H3/b9-8+/t21-,22-,23+,24-,25+,26-,27-,28+,29-,30+,31-,32-,33+,34+,35-,36-,37+,38-,39-,40-/m1/s1. The summed E-state index contributed by atoms with van der Waals surface area (Å²) >= 11 is 0. The van der Waals surface area contributed by atoms with Crippen LogP contribution in [0.3, 0.4) is 0 Å². The summed E-state index contributed by atoms with van der Waals surface area (Å²) in [5.41, 5.74) is -0.0403. The lowest BCUT2D eigenvalue weighted by atomic mass is 9.43. The molecular weight excluding hydrogens is 672 g/mol. The molecule has 6 N–H and O–H groups in total. The van der Waals surface area contributed by atoms with E-state index >= 15 is 0 Å². The van der Waals surface area contributed by atoms with Gasteiger partial charge in [-0.15, -0.1) is 0 Å². The molecule has 0 unspecified atom stereocenters. The van der Waals surface area contributed by atoms with Gasteiger partial charge in [0.2, 0.25) is 0 Å². The summed E-state index contributed by atoms with van der Waals surface area (Å²) in [5.74, 6) is 1.75. The lowest BCUT2D eigenvalue weighted by molar-refractivity contribution is -0.310. The number of aliphatic hydroxyl groups is 6. The van der Waals surface area contributed by atoms with E-state index in [4.69, 9.17) is 28.4 Å². The fraction of sp³-hybridized carbons (Fsp3) is 0.950. The Bertz CT molecular complexity index is 1200. The maximum Gasteiger partial charge on any atom is 0.187 e. The molecule has 12 nitrogen and oxygen atoms in total. The van der Waals surface area contributed by atoms with Crippen LogP contribution in [-0.4, -0.2) is 132 Å². The zero-order valence-electron chi connectivity index (χ0n) is 32.3. The predicted octanol–water partition coefficient (Wildman–Crippen LogP) is 2.64. The van der Waals surface area contributed by atoms with E-state index in [9.17, 15) is 30.6 Å². The van der Waals surface area contributed by atoms with Crippen LogP contribution in [0.2, 0.25) is 0 Å². The molecule has 6 fully saturated rings. The number of hydrogen-bond donors (Lipinski definition) is 6. The van der Waals surface area contributed by atoms with Crippen LogP contribution < -0.4 is 0 Å². The summed E-state index contributed by atoms with van der Waals surface area (Å²) in [6, 6.07) is 0. The van der Waals surface area contributed by atoms with Gasteiger partial charge in [-0.3, -0.25) is 0 Å². The van der Waals surface area contributed by atoms with E-state index in [2.05, 4.69) is 46.8 Å². The zero-order valence-corrected chi connectivity index (χ0v) is 32.3. The van der Waals surface area contributed by atoms with Crippen LogP contribution >= 0.6 is 0 Å². The van der Waals surface area contributed by atoms with Crippen molar-refractivity contribution in [3.8, 4) is 0 Å². The van der Waals surface area contributed by atoms with Crippen LogP contribution in [0.25, 0.3) is 0 Å². The van der Waals surface area contributed by atoms with Crippen LogP contribution in [0, 0.1) is 58.2 Å². The Morgan fingerprint density at radius 2 is 1.54 bits per heavy atom. The Hall–Kier alpha value is -0.740. The molecule has 300 valence electrons. The van der Waals surface area contributed by atoms with Crippen molar-refractivity contribution in [1.82, 2.24) is 0 Å². The molecule has 2 heterocycles. The highest BCUT2D eigenvalue weighted by atomic mass is 16.8. The van der Waals surface area contributed by atoms with Crippen molar-refractivity contribution in [3.05, 3.63) is 12.2 Å². The van der Waals surface area contributed by atoms with Gasteiger partial charge in [0.15, 0.2) is 12.6 Å². The quantitative estimate of drug-likeness (QED) is 0.162. The average Bonchev–Trinajstić information content (AvgIpc) is 3.56. The molecular formula is C40H68O12. The van der Waals surface area contributed by atoms with Crippen LogP contribution in [0.15, 0.2) is 12.2 Å². The third-order valence-corrected chi connectivity index (χ3v) is 15.1. The van der Waals surface area contributed by atoms with Crippen molar-refractivity contribution < 1.29 is 59.1 Å². The van der Waals surface area contributed by atoms with Crippen molar-refractivity contribution in [2.24, 2.45) is 58.2 Å². The maximum atomic E-state index is 11.7. The van der Waals surface area contributed by atoms with E-state index in [-0.39, 0.29) is 65.7 Å². The lowest BCUT2D eigenvalue weighted by Gasteiger charge is -2.62. The number of methoxy groups -OCH3 is 2. The SMILES string of the molecule is CO[C@H]1[C@H](O[C@H]2[C@H](OC[C@@H](/C=C/[C@@H](C)[C@H]3C[C@@H](O)[C@H]4[C@@H]5C[C@H](O)[C@H]6C[C@@H](O)CC[C@]6(C)[C@H]5CC[C@@]43C)C(C)C)O[C@@H](CO)[C@@H]2O)OC[C@@H](OC)[C@@H]1O. The van der Waals surface area contributed by atoms with Crippen molar-refractivity contribution in [2.45, 2.75) is 147 Å². The Balaban J connectivity index is 1.11. The van der Waals surface area contributed by atoms with Crippen molar-refractivity contribution >= 4 is 0 Å². The minimum absolute atomic E-state index is 0.000272. The molecule has 4 aliphatic carbocycles. The largest absolute Gasteiger partial charge is 0.394 e. The van der Waals surface area contributed by atoms with Gasteiger partial charge in [0, 0.05) is 20.1 Å². The Morgan fingerprint density at radius 3 is 2.21 bits per heavy atom. The summed E-state index contributed by atoms with van der Waals surface area (Å²) in [4.78, 5) is 0. The van der Waals surface area contributed by atoms with E-state index in [1.807, 2.05) is 0 Å². The highest BCUT2D eigenvalue weighted by molar-refractivity contribution is 5.15. The predicted molar refractivity (Wildman–Crippen MR) is 191 cm³/mol. The topological polar surface area (TPSA) is 177 Å². The molecule has 20 atom stereocenters. The molecule has 0 radical (unpaired) electrons. The number of fused-ring (bicyclic) bond motifs is 5. The van der Waals surface area contributed by atoms with Crippen molar-refractivity contribution in [3.63, 3.8) is 0 Å². The Labute approximate surface area is 310 Å². The number of rotatable bonds is 12. The molecule has 0 aromatic rings. The van der Waals surface area contributed by atoms with Gasteiger partial charge in [0.25, 0.3) is 0 Å². The molecule has 2 saturated heterocycles. The second-order valence-electron chi connectivity index (χ2n) is 18.1. The smallest absolute Gasteiger partial charge is 0.187 e. The summed E-state index contributed by atoms with van der Waals surface area (Å²) in [6.45, 7) is 11.2. The van der Waals surface area contributed by atoms with E-state index in [1.54, 1.807) is 0 Å². The molecule has 0 aromatic heterocycles. The summed E-state index contributed by atoms with van der Waals surface area (Å²) in [5, 5.41) is 65.3. The van der Waals surface area contributed by atoms with Crippen LogP contribution in [-0.2, 0) is 28.4 Å². The summed E-state index contributed by atoms with van der Waals surface area (Å²) in [7, 11) is 2.92. The molecule has 2 aliphatic heterocycles. The molecule has 6 aliphatic rings. The van der Waals surface area contributed by atoms with Gasteiger partial charge in [-0.2, -0.15) is 0 Å². The molecule has 6 rings (SSSR count). The molecule has 4 saturated carbocycles. The molecule has 0 amide bonds. The van der Waals surface area contributed by atoms with E-state index < -0.39 is 68.0 Å². The third kappa shape index (κ3) is 7.43. The number of hydrogen-bond acceptors (Lipinski definition) is 12. The maximum absolute atomic E-state index is 11.7. The average molecular weight is 741 g/mol. The molecule has 0 bridgehead atoms. The first kappa shape index (κ1) is 40.9. The van der Waals surface area contributed by atoms with Gasteiger partial charge < -0.3 is 59.1 Å². The Morgan fingerprint density at radius 1 is 0.808 bits per heavy atom. The van der Waals surface area contributed by atoms with Gasteiger partial charge >= 0.3 is 0 Å². The number of ether oxygens (including phenoxy) is 6. The zero-order chi connectivity index (χ0) is 37.7. The first-order chi connectivity index (χ1) is 24.7. The van der Waals surface area contributed by atoms with E-state index in [1.165, 1.54) is 14.2 Å². The molecule has 52 heavy (non-hydrogen) atoms. The van der Waals surface area contributed by atoms with E-state index in [0.29, 0.717) is 24.7 Å². The third-order valence-electron chi connectivity index (χ3n) is 15.1. The lowest BCUT2D eigenvalue weighted by Crippen LogP contribution is -2.59. The van der Waals surface area contributed by atoms with Crippen molar-refractivity contribution in [1.29, 1.82) is 0 Å². The second kappa shape index (κ2) is 16.4. The molecule has 0 spiro atoms. The highest BCUT2D eigenvalue weighted by Crippen LogP contribution is 2.68. The number of allylic oxidation sites excluding steroid dienone is 1. The first-order valence-corrected chi connectivity index (χ1v) is 20.0. The second-order valence-corrected chi connectivity index (χ2v) is 18.1. The highest BCUT2D eigenvalue weighted by Gasteiger charge is 2.64. The minimum Gasteiger partial charge on any atom is -0.394 e. The van der Waals surface area contributed by atoms with Crippen LogP contribution in [0.4, 0.5) is 0 Å².